The minimum atomic E-state index is -0.302. The van der Waals surface area contributed by atoms with E-state index in [1.165, 1.54) is 57.8 Å². The lowest BCUT2D eigenvalue weighted by Gasteiger charge is -2.45. The summed E-state index contributed by atoms with van der Waals surface area (Å²) in [5.74, 6) is 0. The maximum absolute atomic E-state index is 6.56. The summed E-state index contributed by atoms with van der Waals surface area (Å²) < 4.78 is 19.2. The van der Waals surface area contributed by atoms with Crippen molar-refractivity contribution in [2.24, 2.45) is 0 Å². The monoisotopic (exact) mass is 398 g/mol. The van der Waals surface area contributed by atoms with Gasteiger partial charge in [0.15, 0.2) is 0 Å². The van der Waals surface area contributed by atoms with E-state index in [-0.39, 0.29) is 25.2 Å². The molecule has 3 atom stereocenters. The highest BCUT2D eigenvalue weighted by Gasteiger charge is 2.41. The van der Waals surface area contributed by atoms with E-state index in [0.29, 0.717) is 0 Å². The Morgan fingerprint density at radius 1 is 0.880 bits per heavy atom. The molecule has 0 amide bonds. The first-order valence-corrected chi connectivity index (χ1v) is 14.8. The molecule has 6 heteroatoms. The maximum atomic E-state index is 6.56. The van der Waals surface area contributed by atoms with Crippen LogP contribution in [0.4, 0.5) is 0 Å². The predicted octanol–water partition coefficient (Wildman–Crippen LogP) is 0.941. The van der Waals surface area contributed by atoms with Gasteiger partial charge in [-0.05, 0) is 69.8 Å². The van der Waals surface area contributed by atoms with E-state index in [9.17, 15) is 0 Å². The van der Waals surface area contributed by atoms with Gasteiger partial charge >= 0.3 is 0 Å². The minimum absolute atomic E-state index is 0.0392. The van der Waals surface area contributed by atoms with Crippen molar-refractivity contribution in [3.8, 4) is 0 Å². The van der Waals surface area contributed by atoms with Gasteiger partial charge in [-0.15, -0.1) is 0 Å². The Kier molecular flexibility index (Phi) is 6.82. The molecule has 3 nitrogen and oxygen atoms in total. The minimum Gasteiger partial charge on any atom is -0.379 e. The molecule has 25 heavy (non-hydrogen) atoms. The highest BCUT2D eigenvalue weighted by molar-refractivity contribution is 6.39. The van der Waals surface area contributed by atoms with E-state index in [4.69, 9.17) is 14.2 Å². The van der Waals surface area contributed by atoms with E-state index < -0.39 is 0 Å². The average molecular weight is 399 g/mol. The van der Waals surface area contributed by atoms with Crippen molar-refractivity contribution in [2.75, 3.05) is 19.8 Å². The number of hydrogen-bond acceptors (Lipinski definition) is 3. The lowest BCUT2D eigenvalue weighted by atomic mass is 9.90. The largest absolute Gasteiger partial charge is 0.379 e. The molecule has 0 saturated carbocycles. The first kappa shape index (κ1) is 20.0. The Bertz CT molecular complexity index is 463. The fourth-order valence-corrected chi connectivity index (χ4v) is 8.41. The Hall–Kier alpha value is 0.271. The van der Waals surface area contributed by atoms with Crippen LogP contribution in [-0.2, 0) is 14.2 Å². The highest BCUT2D eigenvalue weighted by atomic mass is 28.2. The van der Waals surface area contributed by atoms with Crippen molar-refractivity contribution in [2.45, 2.75) is 86.4 Å². The summed E-state index contributed by atoms with van der Waals surface area (Å²) in [4.78, 5) is 0. The van der Waals surface area contributed by atoms with Crippen LogP contribution in [0.1, 0.15) is 64.2 Å². The molecule has 3 aliphatic heterocycles. The highest BCUT2D eigenvalue weighted by Crippen LogP contribution is 2.40. The maximum Gasteiger partial charge on any atom is 0.0718 e. The number of ether oxygens (including phenoxy) is 3. The molecule has 3 fully saturated rings. The zero-order valence-corrected chi connectivity index (χ0v) is 22.1. The second kappa shape index (κ2) is 8.52. The smallest absolute Gasteiger partial charge is 0.0718 e. The zero-order valence-electron chi connectivity index (χ0n) is 16.7. The summed E-state index contributed by atoms with van der Waals surface area (Å²) >= 11 is 0. The molecule has 0 aromatic rings. The van der Waals surface area contributed by atoms with E-state index in [2.05, 4.69) is 12.6 Å². The number of rotatable bonds is 5. The van der Waals surface area contributed by atoms with Crippen molar-refractivity contribution in [3.63, 3.8) is 0 Å². The van der Waals surface area contributed by atoms with Gasteiger partial charge < -0.3 is 14.2 Å². The lowest BCUT2D eigenvalue weighted by molar-refractivity contribution is -0.0368. The van der Waals surface area contributed by atoms with Crippen LogP contribution < -0.4 is 0 Å². The van der Waals surface area contributed by atoms with E-state index >= 15 is 0 Å². The normalized spacial score (nSPS) is 41.6. The molecular formula is C19H38O3Si3. The van der Waals surface area contributed by atoms with Gasteiger partial charge in [0.05, 0.1) is 25.2 Å². The average Bonchev–Trinajstić information content (AvgIpc) is 2.62. The van der Waals surface area contributed by atoms with Gasteiger partial charge in [0, 0.05) is 40.3 Å². The molecular weight excluding hydrogens is 360 g/mol. The summed E-state index contributed by atoms with van der Waals surface area (Å²) in [6.45, 7) is 5.29. The van der Waals surface area contributed by atoms with Gasteiger partial charge in [-0.1, -0.05) is 12.6 Å². The third-order valence-corrected chi connectivity index (χ3v) is 11.0. The first-order chi connectivity index (χ1) is 12.0. The van der Waals surface area contributed by atoms with Gasteiger partial charge in [0.1, 0.15) is 0 Å². The summed E-state index contributed by atoms with van der Waals surface area (Å²) in [7, 11) is 1.89. The van der Waals surface area contributed by atoms with Crippen LogP contribution in [-0.4, -0.2) is 65.5 Å². The van der Waals surface area contributed by atoms with E-state index in [1.54, 1.807) is 5.57 Å². The molecule has 3 saturated heterocycles. The summed E-state index contributed by atoms with van der Waals surface area (Å²) in [6.07, 6.45) is 15.0. The second-order valence-electron chi connectivity index (χ2n) is 8.87. The zero-order chi connectivity index (χ0) is 17.8. The van der Waals surface area contributed by atoms with Crippen molar-refractivity contribution < 1.29 is 14.2 Å². The lowest BCUT2D eigenvalue weighted by Crippen LogP contribution is -2.48. The molecule has 0 bridgehead atoms. The Labute approximate surface area is 162 Å². The summed E-state index contributed by atoms with van der Waals surface area (Å²) in [5, 5.41) is 0.250. The van der Waals surface area contributed by atoms with Crippen LogP contribution >= 0.6 is 0 Å². The third kappa shape index (κ3) is 4.96. The van der Waals surface area contributed by atoms with Crippen molar-refractivity contribution in [3.05, 3.63) is 11.6 Å². The molecule has 0 aromatic carbocycles. The van der Waals surface area contributed by atoms with Crippen LogP contribution in [0.25, 0.3) is 0 Å². The topological polar surface area (TPSA) is 27.7 Å². The molecule has 144 valence electrons. The molecule has 0 N–H and O–H groups in total. The second-order valence-corrected chi connectivity index (χ2v) is 14.2. The van der Waals surface area contributed by atoms with Crippen LogP contribution in [0.5, 0.6) is 0 Å². The summed E-state index contributed by atoms with van der Waals surface area (Å²) in [5.41, 5.74) is 1.58. The van der Waals surface area contributed by atoms with E-state index in [0.717, 1.165) is 46.7 Å². The molecule has 0 aliphatic carbocycles. The van der Waals surface area contributed by atoms with Gasteiger partial charge in [0.25, 0.3) is 0 Å². The van der Waals surface area contributed by atoms with Gasteiger partial charge in [-0.3, -0.25) is 0 Å². The van der Waals surface area contributed by atoms with Crippen molar-refractivity contribution in [1.82, 2.24) is 0 Å². The molecule has 3 rings (SSSR count). The fourth-order valence-electron chi connectivity index (χ4n) is 4.93. The molecule has 0 spiro atoms. The number of hydrogen-bond donors (Lipinski definition) is 0. The Morgan fingerprint density at radius 3 is 2.04 bits per heavy atom. The van der Waals surface area contributed by atoms with E-state index in [1.807, 2.05) is 0 Å². The van der Waals surface area contributed by atoms with Gasteiger partial charge in [-0.2, -0.15) is 0 Å². The predicted molar refractivity (Wildman–Crippen MR) is 115 cm³/mol. The Morgan fingerprint density at radius 2 is 1.52 bits per heavy atom. The van der Waals surface area contributed by atoms with Crippen LogP contribution in [0.15, 0.2) is 11.6 Å². The molecule has 0 radical (unpaired) electrons. The van der Waals surface area contributed by atoms with Gasteiger partial charge in [0.2, 0.25) is 0 Å². The first-order valence-electron chi connectivity index (χ1n) is 10.6. The van der Waals surface area contributed by atoms with Crippen molar-refractivity contribution in [1.29, 1.82) is 0 Å². The third-order valence-electron chi connectivity index (χ3n) is 6.60. The molecule has 3 unspecified atom stereocenters. The molecule has 3 aliphatic rings. The van der Waals surface area contributed by atoms with Crippen LogP contribution in [0.2, 0.25) is 6.55 Å². The van der Waals surface area contributed by atoms with Gasteiger partial charge in [-0.25, -0.2) is 0 Å². The molecule has 0 aromatic heterocycles. The Balaban J connectivity index is 1.89. The standard InChI is InChI=1S/C19H38O3Si3/c1-25-19(10-4-7-13-22-19)16(14-17(23)8-2-5-11-20-17)15-18(24)9-3-6-12-21-18/h14H,2-13,15,25H2,1,23-24H3. The fraction of sp³-hybridized carbons (Fsp3) is 0.895. The van der Waals surface area contributed by atoms with Crippen molar-refractivity contribution >= 4 is 30.0 Å². The summed E-state index contributed by atoms with van der Waals surface area (Å²) in [6, 6.07) is 0. The van der Waals surface area contributed by atoms with Crippen LogP contribution in [0, 0.1) is 0 Å². The SMILES string of the molecule is C[SiH2]C1(C(=CC2([SiH3])CCCCO2)CC2([SiH3])CCCCO2)CCCCO1. The van der Waals surface area contributed by atoms with Crippen LogP contribution in [0.3, 0.4) is 0 Å². The quantitative estimate of drug-likeness (QED) is 0.510. The molecule has 3 heterocycles.